The fourth-order valence-electron chi connectivity index (χ4n) is 6.97. The lowest BCUT2D eigenvalue weighted by molar-refractivity contribution is 0.401. The normalized spacial score (nSPS) is 13.2. The van der Waals surface area contributed by atoms with Crippen LogP contribution in [0.25, 0.3) is 11.1 Å². The first kappa shape index (κ1) is 32.3. The van der Waals surface area contributed by atoms with Crippen molar-refractivity contribution in [1.82, 2.24) is 0 Å². The number of terminal acetylenes is 1. The molecule has 220 valence electrons. The number of fused-ring (bicyclic) bond motifs is 3. The number of nitrogens with zero attached hydrogens (tertiary/aromatic N) is 1. The Morgan fingerprint density at radius 2 is 1.05 bits per heavy atom. The SMILES string of the molecule is C#Cc1ccc2c(c1)C(CCCCCC)(CCCCCC)c1cc(N(CCCCCC)CCCCCC)ccc1-2. The molecule has 0 saturated heterocycles. The highest BCUT2D eigenvalue weighted by Crippen LogP contribution is 2.55. The van der Waals surface area contributed by atoms with Crippen molar-refractivity contribution in [2.45, 2.75) is 149 Å². The van der Waals surface area contributed by atoms with Crippen LogP contribution in [0.2, 0.25) is 0 Å². The van der Waals surface area contributed by atoms with Crippen molar-refractivity contribution < 1.29 is 0 Å². The van der Waals surface area contributed by atoms with E-state index in [9.17, 15) is 0 Å². The molecule has 1 aliphatic rings. The highest BCUT2D eigenvalue weighted by molar-refractivity contribution is 5.83. The fraction of sp³-hybridized carbons (Fsp3) is 0.641. The lowest BCUT2D eigenvalue weighted by Gasteiger charge is -2.34. The molecule has 0 atom stereocenters. The van der Waals surface area contributed by atoms with Gasteiger partial charge in [0.15, 0.2) is 0 Å². The Kier molecular flexibility index (Phi) is 14.2. The Morgan fingerprint density at radius 1 is 0.575 bits per heavy atom. The van der Waals surface area contributed by atoms with Crippen molar-refractivity contribution in [3.8, 4) is 23.5 Å². The van der Waals surface area contributed by atoms with E-state index in [-0.39, 0.29) is 5.41 Å². The molecule has 0 fully saturated rings. The molecule has 1 aliphatic carbocycles. The second kappa shape index (κ2) is 17.6. The second-order valence-electron chi connectivity index (χ2n) is 12.4. The zero-order valence-corrected chi connectivity index (χ0v) is 26.6. The maximum atomic E-state index is 5.96. The van der Waals surface area contributed by atoms with Crippen LogP contribution in [0.3, 0.4) is 0 Å². The molecule has 0 aromatic heterocycles. The molecule has 3 rings (SSSR count). The predicted octanol–water partition coefficient (Wildman–Crippen LogP) is 11.8. The minimum absolute atomic E-state index is 0.0884. The molecule has 1 heteroatoms. The van der Waals surface area contributed by atoms with Gasteiger partial charge in [0, 0.05) is 29.8 Å². The molecule has 2 aromatic rings. The monoisotopic (exact) mass is 541 g/mol. The summed E-state index contributed by atoms with van der Waals surface area (Å²) in [5, 5.41) is 0. The molecule has 0 amide bonds. The molecule has 0 unspecified atom stereocenters. The van der Waals surface area contributed by atoms with Crippen molar-refractivity contribution in [2.24, 2.45) is 0 Å². The predicted molar refractivity (Wildman–Crippen MR) is 179 cm³/mol. The Labute approximate surface area is 248 Å². The molecule has 2 aromatic carbocycles. The van der Waals surface area contributed by atoms with Crippen LogP contribution < -0.4 is 4.90 Å². The number of rotatable bonds is 21. The van der Waals surface area contributed by atoms with E-state index in [4.69, 9.17) is 6.42 Å². The Morgan fingerprint density at radius 3 is 1.55 bits per heavy atom. The fourth-order valence-corrected chi connectivity index (χ4v) is 6.97. The van der Waals surface area contributed by atoms with Gasteiger partial charge in [-0.05, 0) is 72.2 Å². The molecule has 0 aliphatic heterocycles. The summed E-state index contributed by atoms with van der Waals surface area (Å²) in [6, 6.07) is 14.4. The molecule has 0 spiro atoms. The van der Waals surface area contributed by atoms with Crippen LogP contribution in [0.5, 0.6) is 0 Å². The van der Waals surface area contributed by atoms with Crippen LogP contribution >= 0.6 is 0 Å². The maximum absolute atomic E-state index is 5.96. The van der Waals surface area contributed by atoms with Gasteiger partial charge < -0.3 is 4.90 Å². The third kappa shape index (κ3) is 8.41. The maximum Gasteiger partial charge on any atom is 0.0369 e. The molecule has 0 saturated carbocycles. The Balaban J connectivity index is 2.03. The second-order valence-corrected chi connectivity index (χ2v) is 12.4. The summed E-state index contributed by atoms with van der Waals surface area (Å²) in [6.45, 7) is 11.6. The minimum atomic E-state index is 0.0884. The summed E-state index contributed by atoms with van der Waals surface area (Å²) >= 11 is 0. The first-order valence-electron chi connectivity index (χ1n) is 17.2. The van der Waals surface area contributed by atoms with E-state index in [1.54, 1.807) is 5.56 Å². The Bertz CT molecular complexity index is 1020. The number of hydrogen-bond acceptors (Lipinski definition) is 1. The van der Waals surface area contributed by atoms with Gasteiger partial charge >= 0.3 is 0 Å². The van der Waals surface area contributed by atoms with Crippen LogP contribution in [-0.4, -0.2) is 13.1 Å². The summed E-state index contributed by atoms with van der Waals surface area (Å²) in [7, 11) is 0. The Hall–Kier alpha value is -2.20. The summed E-state index contributed by atoms with van der Waals surface area (Å²) in [5.74, 6) is 2.96. The van der Waals surface area contributed by atoms with Crippen LogP contribution in [0, 0.1) is 12.3 Å². The topological polar surface area (TPSA) is 3.24 Å². The van der Waals surface area contributed by atoms with E-state index >= 15 is 0 Å². The van der Waals surface area contributed by atoms with E-state index in [1.165, 1.54) is 151 Å². The number of unbranched alkanes of at least 4 members (excludes halogenated alkanes) is 12. The van der Waals surface area contributed by atoms with E-state index < -0.39 is 0 Å². The largest absolute Gasteiger partial charge is 0.372 e. The van der Waals surface area contributed by atoms with Crippen LogP contribution in [-0.2, 0) is 5.41 Å². The third-order valence-corrected chi connectivity index (χ3v) is 9.35. The lowest BCUT2D eigenvalue weighted by atomic mass is 9.70. The number of hydrogen-bond donors (Lipinski definition) is 0. The van der Waals surface area contributed by atoms with E-state index in [1.807, 2.05) is 0 Å². The molecule has 40 heavy (non-hydrogen) atoms. The lowest BCUT2D eigenvalue weighted by Crippen LogP contribution is -2.28. The number of benzene rings is 2. The highest BCUT2D eigenvalue weighted by Gasteiger charge is 2.42. The van der Waals surface area contributed by atoms with Crippen molar-refractivity contribution in [3.05, 3.63) is 53.1 Å². The quantitative estimate of drug-likeness (QED) is 0.112. The molecule has 0 heterocycles. The van der Waals surface area contributed by atoms with Crippen LogP contribution in [0.15, 0.2) is 36.4 Å². The smallest absolute Gasteiger partial charge is 0.0369 e. The first-order chi connectivity index (χ1) is 19.6. The molecular weight excluding hydrogens is 482 g/mol. The van der Waals surface area contributed by atoms with Crippen molar-refractivity contribution >= 4 is 5.69 Å². The van der Waals surface area contributed by atoms with Crippen LogP contribution in [0.1, 0.15) is 160 Å². The van der Waals surface area contributed by atoms with E-state index in [0.717, 1.165) is 5.56 Å². The zero-order valence-electron chi connectivity index (χ0n) is 26.6. The van der Waals surface area contributed by atoms with Gasteiger partial charge in [0.05, 0.1) is 0 Å². The van der Waals surface area contributed by atoms with Gasteiger partial charge in [-0.2, -0.15) is 0 Å². The standard InChI is InChI=1S/C39H59N/c1-6-11-15-19-27-39(28-20-16-12-7-2)37-31-33(10-5)23-25-35(37)36-26-24-34(32-38(36)39)40(29-21-17-13-8-3)30-22-18-14-9-4/h5,23-26,31-32H,6-9,11-22,27-30H2,1-4H3. The highest BCUT2D eigenvalue weighted by atomic mass is 15.1. The van der Waals surface area contributed by atoms with Gasteiger partial charge in [0.25, 0.3) is 0 Å². The average molecular weight is 542 g/mol. The summed E-state index contributed by atoms with van der Waals surface area (Å²) in [4.78, 5) is 2.72. The molecule has 0 radical (unpaired) electrons. The number of anilines is 1. The molecular formula is C39H59N. The van der Waals surface area contributed by atoms with E-state index in [2.05, 4.69) is 74.9 Å². The molecule has 1 nitrogen and oxygen atoms in total. The van der Waals surface area contributed by atoms with Gasteiger partial charge in [0.1, 0.15) is 0 Å². The van der Waals surface area contributed by atoms with E-state index in [0.29, 0.717) is 0 Å². The van der Waals surface area contributed by atoms with Gasteiger partial charge in [-0.15, -0.1) is 6.42 Å². The van der Waals surface area contributed by atoms with Crippen molar-refractivity contribution in [3.63, 3.8) is 0 Å². The van der Waals surface area contributed by atoms with Gasteiger partial charge in [-0.1, -0.05) is 136 Å². The first-order valence-corrected chi connectivity index (χ1v) is 17.2. The van der Waals surface area contributed by atoms with Crippen molar-refractivity contribution in [2.75, 3.05) is 18.0 Å². The molecule has 0 bridgehead atoms. The molecule has 0 N–H and O–H groups in total. The summed E-state index contributed by atoms with van der Waals surface area (Å²) in [5.41, 5.74) is 8.57. The van der Waals surface area contributed by atoms with Crippen molar-refractivity contribution in [1.29, 1.82) is 0 Å². The van der Waals surface area contributed by atoms with Gasteiger partial charge in [0.2, 0.25) is 0 Å². The minimum Gasteiger partial charge on any atom is -0.372 e. The zero-order chi connectivity index (χ0) is 28.6. The summed E-state index contributed by atoms with van der Waals surface area (Å²) in [6.07, 6.45) is 29.5. The third-order valence-electron chi connectivity index (χ3n) is 9.35. The van der Waals surface area contributed by atoms with Gasteiger partial charge in [-0.3, -0.25) is 0 Å². The summed E-state index contributed by atoms with van der Waals surface area (Å²) < 4.78 is 0. The average Bonchev–Trinajstić information content (AvgIpc) is 3.25. The van der Waals surface area contributed by atoms with Gasteiger partial charge in [-0.25, -0.2) is 0 Å². The van der Waals surface area contributed by atoms with Crippen LogP contribution in [0.4, 0.5) is 5.69 Å².